The molecule has 0 amide bonds. The number of aromatic nitrogens is 3. The number of aliphatic hydroxyl groups excluding tert-OH is 1. The van der Waals surface area contributed by atoms with Crippen molar-refractivity contribution in [3.05, 3.63) is 59.3 Å². The second kappa shape index (κ2) is 13.8. The van der Waals surface area contributed by atoms with Gasteiger partial charge in [0.1, 0.15) is 18.1 Å². The maximum absolute atomic E-state index is 14.2. The van der Waals surface area contributed by atoms with Gasteiger partial charge in [-0.3, -0.25) is 13.9 Å². The zero-order valence-electron chi connectivity index (χ0n) is 23.2. The molecule has 1 saturated heterocycles. The molecule has 1 aliphatic rings. The summed E-state index contributed by atoms with van der Waals surface area (Å²) in [7, 11) is -4.19. The fourth-order valence-electron chi connectivity index (χ4n) is 4.39. The van der Waals surface area contributed by atoms with Gasteiger partial charge in [-0.15, -0.1) is 11.8 Å². The Hall–Kier alpha value is -2.96. The third kappa shape index (κ3) is 7.87. The van der Waals surface area contributed by atoms with Gasteiger partial charge in [-0.1, -0.05) is 63.1 Å². The third-order valence-corrected chi connectivity index (χ3v) is 10.1. The van der Waals surface area contributed by atoms with E-state index in [2.05, 4.69) is 15.1 Å². The zero-order valence-corrected chi connectivity index (χ0v) is 24.9. The summed E-state index contributed by atoms with van der Waals surface area (Å²) in [5.74, 6) is -0.186. The highest BCUT2D eigenvalue weighted by Gasteiger charge is 2.39. The lowest BCUT2D eigenvalue weighted by Gasteiger charge is -2.25. The number of nitrogens with two attached hydrogens (primary N) is 1. The van der Waals surface area contributed by atoms with Gasteiger partial charge in [0.05, 0.1) is 29.9 Å². The lowest BCUT2D eigenvalue weighted by molar-refractivity contribution is -0.146. The molecule has 5 atom stereocenters. The second-order valence-electron chi connectivity index (χ2n) is 9.86. The molecule has 222 valence electrons. The van der Waals surface area contributed by atoms with E-state index in [9.17, 15) is 19.3 Å². The van der Waals surface area contributed by atoms with Crippen LogP contribution in [0.15, 0.2) is 53.6 Å². The summed E-state index contributed by atoms with van der Waals surface area (Å²) in [5, 5.41) is 14.0. The van der Waals surface area contributed by atoms with E-state index in [1.807, 2.05) is 44.2 Å². The van der Waals surface area contributed by atoms with Gasteiger partial charge in [-0.25, -0.2) is 14.3 Å². The fraction of sp³-hybridized carbons (Fsp3) is 0.481. The van der Waals surface area contributed by atoms with Crippen molar-refractivity contribution in [2.75, 3.05) is 18.9 Å². The van der Waals surface area contributed by atoms with E-state index in [1.54, 1.807) is 12.1 Å². The predicted octanol–water partition coefficient (Wildman–Crippen LogP) is 3.90. The van der Waals surface area contributed by atoms with Gasteiger partial charge < -0.3 is 20.1 Å². The highest BCUT2D eigenvalue weighted by Crippen LogP contribution is 2.49. The van der Waals surface area contributed by atoms with Gasteiger partial charge in [0.15, 0.2) is 0 Å². The van der Waals surface area contributed by atoms with Crippen LogP contribution in [-0.2, 0) is 18.6 Å². The molecule has 2 unspecified atom stereocenters. The van der Waals surface area contributed by atoms with E-state index >= 15 is 0 Å². The van der Waals surface area contributed by atoms with Crippen LogP contribution in [0.4, 0.5) is 5.95 Å². The van der Waals surface area contributed by atoms with Crippen LogP contribution in [0.5, 0.6) is 5.75 Å². The Bertz CT molecular complexity index is 1450. The Kier molecular flexibility index (Phi) is 10.4. The van der Waals surface area contributed by atoms with Gasteiger partial charge in [0.2, 0.25) is 5.95 Å². The van der Waals surface area contributed by atoms with Crippen molar-refractivity contribution in [1.82, 2.24) is 19.6 Å². The van der Waals surface area contributed by atoms with E-state index in [4.69, 9.17) is 19.5 Å². The van der Waals surface area contributed by atoms with E-state index in [-0.39, 0.29) is 31.5 Å². The van der Waals surface area contributed by atoms with Crippen LogP contribution in [0.25, 0.3) is 10.8 Å². The van der Waals surface area contributed by atoms with Gasteiger partial charge in [0.25, 0.3) is 0 Å². The van der Waals surface area contributed by atoms with Crippen molar-refractivity contribution in [3.8, 4) is 5.75 Å². The first-order valence-corrected chi connectivity index (χ1v) is 16.0. The van der Waals surface area contributed by atoms with Crippen molar-refractivity contribution in [2.24, 2.45) is 5.92 Å². The minimum atomic E-state index is -4.19. The van der Waals surface area contributed by atoms with Crippen LogP contribution in [0.3, 0.4) is 0 Å². The summed E-state index contributed by atoms with van der Waals surface area (Å²) in [6, 6.07) is 11.8. The number of hydrogen-bond donors (Lipinski definition) is 3. The average molecular weight is 606 g/mol. The predicted molar refractivity (Wildman–Crippen MR) is 158 cm³/mol. The van der Waals surface area contributed by atoms with Crippen LogP contribution in [0.2, 0.25) is 0 Å². The van der Waals surface area contributed by atoms with Crippen LogP contribution < -0.4 is 21.0 Å². The molecule has 2 aromatic carbocycles. The summed E-state index contributed by atoms with van der Waals surface area (Å²) in [6.45, 7) is 5.65. The molecule has 1 aliphatic heterocycles. The van der Waals surface area contributed by atoms with Crippen molar-refractivity contribution in [2.45, 2.75) is 62.8 Å². The van der Waals surface area contributed by atoms with Gasteiger partial charge in [-0.05, 0) is 24.3 Å². The molecule has 12 nitrogen and oxygen atoms in total. The molecule has 41 heavy (non-hydrogen) atoms. The maximum atomic E-state index is 14.2. The third-order valence-electron chi connectivity index (χ3n) is 6.96. The highest BCUT2D eigenvalue weighted by molar-refractivity contribution is 8.00. The number of esters is 1. The topological polar surface area (TPSA) is 168 Å². The lowest BCUT2D eigenvalue weighted by atomic mass is 10.1. The summed E-state index contributed by atoms with van der Waals surface area (Å²) in [4.78, 5) is 32.6. The Labute approximate surface area is 242 Å². The molecule has 2 heterocycles. The van der Waals surface area contributed by atoms with Crippen LogP contribution in [0.1, 0.15) is 45.4 Å². The summed E-state index contributed by atoms with van der Waals surface area (Å²) < 4.78 is 32.7. The molecule has 0 saturated carbocycles. The molecule has 1 fully saturated rings. The minimum Gasteiger partial charge on any atom is -0.464 e. The molecule has 4 rings (SSSR count). The summed E-state index contributed by atoms with van der Waals surface area (Å²) in [6.07, 6.45) is 2.35. The number of thioether (sulfide) groups is 1. The summed E-state index contributed by atoms with van der Waals surface area (Å²) >= 11 is 1.25. The molecule has 0 radical (unpaired) electrons. The maximum Gasteiger partial charge on any atom is 0.459 e. The molecule has 0 bridgehead atoms. The highest BCUT2D eigenvalue weighted by atomic mass is 32.2. The van der Waals surface area contributed by atoms with Crippen molar-refractivity contribution >= 4 is 42.2 Å². The number of carbonyl (C=O) groups is 1. The second-order valence-corrected chi connectivity index (χ2v) is 13.0. The number of ether oxygens (including phenoxy) is 1. The normalized spacial score (nSPS) is 21.0. The van der Waals surface area contributed by atoms with Crippen LogP contribution in [0, 0.1) is 5.92 Å². The Morgan fingerprint density at radius 1 is 1.24 bits per heavy atom. The minimum absolute atomic E-state index is 0.139. The van der Waals surface area contributed by atoms with Gasteiger partial charge in [0, 0.05) is 11.8 Å². The lowest BCUT2D eigenvalue weighted by Crippen LogP contribution is -2.36. The number of aliphatic hydroxyl groups is 1. The SMILES string of the molecule is CCC(CC)COC(=O)[C@H](C)NP(=O)(OCC1S[C@@H](n2cnc(N)nc2=O)C[C@H]1O)Oc1cccc2ccccc12. The molecule has 0 spiro atoms. The monoisotopic (exact) mass is 605 g/mol. The van der Waals surface area contributed by atoms with E-state index in [0.29, 0.717) is 11.1 Å². The van der Waals surface area contributed by atoms with Crippen molar-refractivity contribution in [1.29, 1.82) is 0 Å². The first-order valence-electron chi connectivity index (χ1n) is 13.5. The standard InChI is InChI=1S/C27H36N5O7PS/c1-4-18(5-2)14-37-25(34)17(3)31-40(36,39-22-12-8-10-19-9-6-7-11-20(19)22)38-15-23-21(33)13-24(41-23)32-16-29-26(28)30-27(32)35/h6-12,16-18,21,23-24,33H,4-5,13-15H2,1-3H3,(H,31,36)(H2,28,30,35)/t17-,21+,23?,24+,40?/m0/s1. The number of fused-ring (bicyclic) bond motifs is 1. The molecular weight excluding hydrogens is 569 g/mol. The fourth-order valence-corrected chi connectivity index (χ4v) is 7.46. The largest absolute Gasteiger partial charge is 0.464 e. The average Bonchev–Trinajstić information content (AvgIpc) is 3.32. The number of nitrogen functional groups attached to an aromatic ring is 1. The molecule has 4 N–H and O–H groups in total. The van der Waals surface area contributed by atoms with Crippen LogP contribution >= 0.6 is 19.5 Å². The number of nitrogens with one attached hydrogen (secondary N) is 1. The first kappa shape index (κ1) is 31.0. The van der Waals surface area contributed by atoms with E-state index in [0.717, 1.165) is 18.2 Å². The molecule has 14 heteroatoms. The van der Waals surface area contributed by atoms with Gasteiger partial charge >= 0.3 is 19.4 Å². The number of benzene rings is 2. The van der Waals surface area contributed by atoms with E-state index in [1.165, 1.54) is 29.6 Å². The van der Waals surface area contributed by atoms with Crippen LogP contribution in [-0.4, -0.2) is 56.2 Å². The number of anilines is 1. The van der Waals surface area contributed by atoms with Crippen molar-refractivity contribution in [3.63, 3.8) is 0 Å². The molecule has 1 aromatic heterocycles. The number of nitrogens with zero attached hydrogens (tertiary/aromatic N) is 3. The number of carbonyl (C=O) groups excluding carboxylic acids is 1. The number of rotatable bonds is 13. The Morgan fingerprint density at radius 3 is 2.71 bits per heavy atom. The Morgan fingerprint density at radius 2 is 1.98 bits per heavy atom. The molecule has 3 aromatic rings. The first-order chi connectivity index (χ1) is 19.6. The Balaban J connectivity index is 1.51. The smallest absolute Gasteiger partial charge is 0.459 e. The number of hydrogen-bond acceptors (Lipinski definition) is 11. The molecule has 0 aliphatic carbocycles. The van der Waals surface area contributed by atoms with E-state index < -0.39 is 42.2 Å². The molecular formula is C27H36N5O7PS. The van der Waals surface area contributed by atoms with Crippen molar-refractivity contribution < 1.29 is 28.3 Å². The summed E-state index contributed by atoms with van der Waals surface area (Å²) in [5.41, 5.74) is 4.90. The quantitative estimate of drug-likeness (QED) is 0.190. The zero-order chi connectivity index (χ0) is 29.6. The van der Waals surface area contributed by atoms with Gasteiger partial charge in [-0.2, -0.15) is 10.1 Å².